The minimum Gasteiger partial charge on any atom is -0.379 e. The Labute approximate surface area is 150 Å². The number of aryl methyl sites for hydroxylation is 2. The van der Waals surface area contributed by atoms with E-state index in [1.807, 2.05) is 0 Å². The monoisotopic (exact) mass is 378 g/mol. The van der Waals surface area contributed by atoms with Gasteiger partial charge in [-0.1, -0.05) is 5.16 Å². The highest BCUT2D eigenvalue weighted by Gasteiger charge is 2.46. The van der Waals surface area contributed by atoms with Crippen LogP contribution in [0.25, 0.3) is 0 Å². The number of rotatable bonds is 3. The lowest BCUT2D eigenvalue weighted by atomic mass is 10.0. The van der Waals surface area contributed by atoms with Crippen molar-refractivity contribution in [3.05, 3.63) is 35.5 Å². The van der Waals surface area contributed by atoms with Crippen LogP contribution in [0.15, 0.2) is 27.6 Å². The van der Waals surface area contributed by atoms with Crippen molar-refractivity contribution in [3.63, 3.8) is 0 Å². The summed E-state index contributed by atoms with van der Waals surface area (Å²) < 4.78 is 32.2. The number of benzene rings is 1. The standard InChI is InChI=1S/C16H18N4O5S/c1-10-17-15(25-19-10)16(22)6-7-20(9-16)26(23,24)12-3-4-13-11(8-12)2-5-14(21)18-13/h3-4,8,22H,2,5-7,9H2,1H3,(H,18,21). The number of anilines is 1. The van der Waals surface area contributed by atoms with Crippen molar-refractivity contribution < 1.29 is 22.8 Å². The molecule has 1 fully saturated rings. The third-order valence-electron chi connectivity index (χ3n) is 4.75. The number of hydrogen-bond donors (Lipinski definition) is 2. The first-order valence-corrected chi connectivity index (χ1v) is 9.68. The smallest absolute Gasteiger partial charge is 0.260 e. The Bertz CT molecular complexity index is 986. The number of carbonyl (C=O) groups excluding carboxylic acids is 1. The molecule has 1 aromatic carbocycles. The van der Waals surface area contributed by atoms with Crippen LogP contribution in [0.5, 0.6) is 0 Å². The Morgan fingerprint density at radius 3 is 2.88 bits per heavy atom. The largest absolute Gasteiger partial charge is 0.379 e. The first-order valence-electron chi connectivity index (χ1n) is 8.24. The summed E-state index contributed by atoms with van der Waals surface area (Å²) in [5.74, 6) is 0.333. The average Bonchev–Trinajstić information content (AvgIpc) is 3.22. The minimum atomic E-state index is -3.79. The lowest BCUT2D eigenvalue weighted by Gasteiger charge is -2.21. The van der Waals surface area contributed by atoms with Crippen molar-refractivity contribution >= 4 is 21.6 Å². The molecule has 1 unspecified atom stereocenters. The number of nitrogens with zero attached hydrogens (tertiary/aromatic N) is 3. The van der Waals surface area contributed by atoms with Gasteiger partial charge in [-0.25, -0.2) is 8.42 Å². The van der Waals surface area contributed by atoms with Crippen molar-refractivity contribution in [2.45, 2.75) is 36.7 Å². The normalized spacial score (nSPS) is 23.7. The van der Waals surface area contributed by atoms with Gasteiger partial charge in [-0.2, -0.15) is 9.29 Å². The summed E-state index contributed by atoms with van der Waals surface area (Å²) in [5, 5.41) is 17.1. The molecule has 2 aromatic rings. The van der Waals surface area contributed by atoms with Gasteiger partial charge in [-0.05, 0) is 37.1 Å². The van der Waals surface area contributed by atoms with E-state index < -0.39 is 15.6 Å². The molecule has 1 saturated heterocycles. The van der Waals surface area contributed by atoms with Crippen molar-refractivity contribution in [3.8, 4) is 0 Å². The molecule has 0 aliphatic carbocycles. The van der Waals surface area contributed by atoms with Crippen LogP contribution in [-0.4, -0.2) is 47.0 Å². The maximum absolute atomic E-state index is 13.0. The Morgan fingerprint density at radius 1 is 1.35 bits per heavy atom. The van der Waals surface area contributed by atoms with Crippen LogP contribution in [-0.2, 0) is 26.8 Å². The first kappa shape index (κ1) is 17.1. The zero-order valence-electron chi connectivity index (χ0n) is 14.1. The molecule has 0 bridgehead atoms. The highest BCUT2D eigenvalue weighted by atomic mass is 32.2. The summed E-state index contributed by atoms with van der Waals surface area (Å²) in [6.07, 6.45) is 1.00. The Hall–Kier alpha value is -2.30. The quantitative estimate of drug-likeness (QED) is 0.798. The SMILES string of the molecule is Cc1noc(C2(O)CCN(S(=O)(=O)c3ccc4c(c3)CCC(=O)N4)C2)n1. The van der Waals surface area contributed by atoms with E-state index in [2.05, 4.69) is 15.5 Å². The molecule has 0 saturated carbocycles. The predicted octanol–water partition coefficient (Wildman–Crippen LogP) is 0.545. The molecule has 0 radical (unpaired) electrons. The fraction of sp³-hybridized carbons (Fsp3) is 0.438. The molecular formula is C16H18N4O5S. The lowest BCUT2D eigenvalue weighted by molar-refractivity contribution is -0.116. The third kappa shape index (κ3) is 2.79. The minimum absolute atomic E-state index is 0.0286. The van der Waals surface area contributed by atoms with E-state index in [4.69, 9.17) is 4.52 Å². The summed E-state index contributed by atoms with van der Waals surface area (Å²) in [4.78, 5) is 15.6. The van der Waals surface area contributed by atoms with E-state index in [1.165, 1.54) is 10.4 Å². The molecule has 1 atom stereocenters. The van der Waals surface area contributed by atoms with Gasteiger partial charge < -0.3 is 14.9 Å². The van der Waals surface area contributed by atoms with Crippen LogP contribution in [0, 0.1) is 6.92 Å². The molecule has 2 aliphatic heterocycles. The van der Waals surface area contributed by atoms with E-state index in [1.54, 1.807) is 19.1 Å². The van der Waals surface area contributed by atoms with Gasteiger partial charge in [0, 0.05) is 25.1 Å². The van der Waals surface area contributed by atoms with Crippen LogP contribution < -0.4 is 5.32 Å². The average molecular weight is 378 g/mol. The number of carbonyl (C=O) groups is 1. The van der Waals surface area contributed by atoms with E-state index in [0.717, 1.165) is 5.56 Å². The second-order valence-corrected chi connectivity index (χ2v) is 8.57. The maximum atomic E-state index is 13.0. The molecule has 3 heterocycles. The number of hydrogen-bond acceptors (Lipinski definition) is 7. The highest BCUT2D eigenvalue weighted by molar-refractivity contribution is 7.89. The van der Waals surface area contributed by atoms with Gasteiger partial charge >= 0.3 is 0 Å². The Balaban J connectivity index is 1.61. The molecule has 26 heavy (non-hydrogen) atoms. The molecule has 2 aliphatic rings. The van der Waals surface area contributed by atoms with Gasteiger partial charge in [0.25, 0.3) is 5.89 Å². The number of sulfonamides is 1. The zero-order valence-corrected chi connectivity index (χ0v) is 14.9. The fourth-order valence-electron chi connectivity index (χ4n) is 3.29. The molecule has 10 heteroatoms. The molecule has 138 valence electrons. The van der Waals surface area contributed by atoms with Gasteiger partial charge in [-0.15, -0.1) is 0 Å². The van der Waals surface area contributed by atoms with Crippen molar-refractivity contribution in [2.24, 2.45) is 0 Å². The molecule has 4 rings (SSSR count). The van der Waals surface area contributed by atoms with Gasteiger partial charge in [-0.3, -0.25) is 4.79 Å². The number of aliphatic hydroxyl groups is 1. The van der Waals surface area contributed by atoms with Crippen LogP contribution in [0.3, 0.4) is 0 Å². The molecule has 2 N–H and O–H groups in total. The van der Waals surface area contributed by atoms with Gasteiger partial charge in [0.1, 0.15) is 0 Å². The summed E-state index contributed by atoms with van der Waals surface area (Å²) in [6.45, 7) is 1.63. The Morgan fingerprint density at radius 2 is 2.15 bits per heavy atom. The topological polar surface area (TPSA) is 126 Å². The summed E-state index contributed by atoms with van der Waals surface area (Å²) in [5.41, 5.74) is -0.0663. The number of β-amino-alcohol motifs (C(OH)–C–C–N with tert-alkyl or cyclic N) is 1. The summed E-state index contributed by atoms with van der Waals surface area (Å²) >= 11 is 0. The summed E-state index contributed by atoms with van der Waals surface area (Å²) in [7, 11) is -3.79. The van der Waals surface area contributed by atoms with Crippen LogP contribution in [0.1, 0.15) is 30.1 Å². The van der Waals surface area contributed by atoms with Crippen molar-refractivity contribution in [1.29, 1.82) is 0 Å². The van der Waals surface area contributed by atoms with Crippen LogP contribution >= 0.6 is 0 Å². The second-order valence-electron chi connectivity index (χ2n) is 6.63. The summed E-state index contributed by atoms with van der Waals surface area (Å²) in [6, 6.07) is 4.65. The van der Waals surface area contributed by atoms with E-state index in [-0.39, 0.29) is 36.2 Å². The first-order chi connectivity index (χ1) is 12.3. The number of nitrogens with one attached hydrogen (secondary N) is 1. The highest BCUT2D eigenvalue weighted by Crippen LogP contribution is 2.35. The van der Waals surface area contributed by atoms with Crippen LogP contribution in [0.4, 0.5) is 5.69 Å². The number of aromatic nitrogens is 2. The van der Waals surface area contributed by atoms with Crippen molar-refractivity contribution in [1.82, 2.24) is 14.4 Å². The molecule has 1 amide bonds. The van der Waals surface area contributed by atoms with E-state index in [0.29, 0.717) is 24.4 Å². The molecule has 1 aromatic heterocycles. The van der Waals surface area contributed by atoms with E-state index in [9.17, 15) is 18.3 Å². The van der Waals surface area contributed by atoms with Gasteiger partial charge in [0.05, 0.1) is 11.4 Å². The lowest BCUT2D eigenvalue weighted by Crippen LogP contribution is -2.34. The number of amides is 1. The van der Waals surface area contributed by atoms with Gasteiger partial charge in [0.2, 0.25) is 15.9 Å². The fourth-order valence-corrected chi connectivity index (χ4v) is 4.84. The van der Waals surface area contributed by atoms with Crippen LogP contribution in [0.2, 0.25) is 0 Å². The third-order valence-corrected chi connectivity index (χ3v) is 6.59. The van der Waals surface area contributed by atoms with Crippen molar-refractivity contribution in [2.75, 3.05) is 18.4 Å². The molecule has 0 spiro atoms. The molecule has 9 nitrogen and oxygen atoms in total. The van der Waals surface area contributed by atoms with Gasteiger partial charge in [0.15, 0.2) is 11.4 Å². The second kappa shape index (κ2) is 5.86. The maximum Gasteiger partial charge on any atom is 0.260 e. The van der Waals surface area contributed by atoms with E-state index >= 15 is 0 Å². The number of fused-ring (bicyclic) bond motifs is 1. The predicted molar refractivity (Wildman–Crippen MR) is 89.7 cm³/mol. The molecular weight excluding hydrogens is 360 g/mol. The zero-order chi connectivity index (χ0) is 18.5. The Kier molecular flexibility index (Phi) is 3.86.